The average molecular weight is 521 g/mol. The number of rotatable bonds is 6. The van der Waals surface area contributed by atoms with Crippen LogP contribution in [0.25, 0.3) is 39.7 Å². The maximum absolute atomic E-state index is 14.0. The molecule has 194 valence electrons. The van der Waals surface area contributed by atoms with Gasteiger partial charge in [0.25, 0.3) is 5.95 Å². The second kappa shape index (κ2) is 9.66. The van der Waals surface area contributed by atoms with Crippen molar-refractivity contribution in [3.8, 4) is 51.2 Å². The summed E-state index contributed by atoms with van der Waals surface area (Å²) in [6.45, 7) is 1.71. The number of ether oxygens (including phenoxy) is 2. The Balaban J connectivity index is 1.73. The molecule has 2 aromatic carbocycles. The lowest BCUT2D eigenvalue weighted by Gasteiger charge is -2.12. The predicted molar refractivity (Wildman–Crippen MR) is 135 cm³/mol. The van der Waals surface area contributed by atoms with Crippen molar-refractivity contribution in [1.29, 1.82) is 0 Å². The maximum atomic E-state index is 14.0. The van der Waals surface area contributed by atoms with Crippen molar-refractivity contribution in [3.63, 3.8) is 0 Å². The van der Waals surface area contributed by atoms with Crippen LogP contribution in [-0.2, 0) is 13.2 Å². The minimum absolute atomic E-state index is 0.0927. The number of hydrogen-bond acceptors (Lipinski definition) is 6. The summed E-state index contributed by atoms with van der Waals surface area (Å²) in [7, 11) is 4.82. The van der Waals surface area contributed by atoms with Gasteiger partial charge >= 0.3 is 6.18 Å². The summed E-state index contributed by atoms with van der Waals surface area (Å²) in [5.41, 5.74) is 2.49. The van der Waals surface area contributed by atoms with Crippen LogP contribution < -0.4 is 9.47 Å². The fraction of sp³-hybridized carbons (Fsp3) is 0.185. The van der Waals surface area contributed by atoms with Crippen LogP contribution >= 0.6 is 0 Å². The molecule has 0 saturated carbocycles. The highest BCUT2D eigenvalue weighted by Crippen LogP contribution is 2.34. The average Bonchev–Trinajstić information content (AvgIpc) is 3.51. The van der Waals surface area contributed by atoms with Gasteiger partial charge in [-0.05, 0) is 67.6 Å². The molecule has 5 aromatic rings. The fourth-order valence-corrected chi connectivity index (χ4v) is 4.07. The molecule has 0 saturated heterocycles. The van der Waals surface area contributed by atoms with Gasteiger partial charge in [-0.1, -0.05) is 0 Å². The first-order valence-electron chi connectivity index (χ1n) is 11.5. The number of benzene rings is 2. The smallest absolute Gasteiger partial charge is 0.433 e. The fourth-order valence-electron chi connectivity index (χ4n) is 4.07. The van der Waals surface area contributed by atoms with Crippen LogP contribution in [0.3, 0.4) is 0 Å². The molecule has 8 nitrogen and oxygen atoms in total. The van der Waals surface area contributed by atoms with Gasteiger partial charge in [0, 0.05) is 29.9 Å². The standard InChI is InChI=1S/C27H23F3N6O2/c1-16-21(15-35(2)33-16)23-14-25(27(28,29)30)32-26(31-23)36-24(18-7-11-20(38-4)12-8-18)13-22(34-36)17-5-9-19(37-3)10-6-17/h5-15H,1-4H3. The molecule has 0 radical (unpaired) electrons. The van der Waals surface area contributed by atoms with E-state index in [0.717, 1.165) is 11.6 Å². The SMILES string of the molecule is COc1ccc(-c2cc(-c3ccc(OC)cc3)n(-c3nc(-c4cn(C)nc4C)cc(C(F)(F)F)n3)n2)cc1. The zero-order valence-electron chi connectivity index (χ0n) is 21.0. The second-order valence-corrected chi connectivity index (χ2v) is 8.52. The van der Waals surface area contributed by atoms with Gasteiger partial charge < -0.3 is 9.47 Å². The van der Waals surface area contributed by atoms with Gasteiger partial charge in [-0.25, -0.2) is 9.97 Å². The lowest BCUT2D eigenvalue weighted by Crippen LogP contribution is -2.14. The van der Waals surface area contributed by atoms with Gasteiger partial charge in [0.1, 0.15) is 11.5 Å². The molecule has 0 amide bonds. The number of methoxy groups -OCH3 is 2. The minimum atomic E-state index is -4.70. The third kappa shape index (κ3) is 4.82. The lowest BCUT2D eigenvalue weighted by molar-refractivity contribution is -0.141. The summed E-state index contributed by atoms with van der Waals surface area (Å²) in [5.74, 6) is 1.09. The summed E-state index contributed by atoms with van der Waals surface area (Å²) in [5, 5.41) is 8.89. The highest BCUT2D eigenvalue weighted by molar-refractivity contribution is 5.71. The zero-order chi connectivity index (χ0) is 27.0. The van der Waals surface area contributed by atoms with Crippen molar-refractivity contribution in [1.82, 2.24) is 29.5 Å². The minimum Gasteiger partial charge on any atom is -0.497 e. The number of aromatic nitrogens is 6. The summed E-state index contributed by atoms with van der Waals surface area (Å²) < 4.78 is 55.2. The summed E-state index contributed by atoms with van der Waals surface area (Å²) in [6, 6.07) is 17.0. The topological polar surface area (TPSA) is 79.9 Å². The van der Waals surface area contributed by atoms with Crippen molar-refractivity contribution >= 4 is 0 Å². The molecule has 0 spiro atoms. The van der Waals surface area contributed by atoms with Crippen LogP contribution in [0.4, 0.5) is 13.2 Å². The maximum Gasteiger partial charge on any atom is 0.433 e. The third-order valence-electron chi connectivity index (χ3n) is 5.96. The lowest BCUT2D eigenvalue weighted by atomic mass is 10.1. The van der Waals surface area contributed by atoms with E-state index in [0.29, 0.717) is 39.7 Å². The second-order valence-electron chi connectivity index (χ2n) is 8.52. The molecule has 3 heterocycles. The van der Waals surface area contributed by atoms with Crippen molar-refractivity contribution in [2.75, 3.05) is 14.2 Å². The number of halogens is 3. The van der Waals surface area contributed by atoms with Crippen LogP contribution in [-0.4, -0.2) is 43.7 Å². The van der Waals surface area contributed by atoms with Crippen molar-refractivity contribution in [2.24, 2.45) is 7.05 Å². The number of nitrogens with zero attached hydrogens (tertiary/aromatic N) is 6. The van der Waals surface area contributed by atoms with Crippen molar-refractivity contribution in [2.45, 2.75) is 13.1 Å². The van der Waals surface area contributed by atoms with Crippen LogP contribution in [0.5, 0.6) is 11.5 Å². The Morgan fingerprint density at radius 2 is 1.37 bits per heavy atom. The first kappa shape index (κ1) is 25.0. The Hall–Kier alpha value is -4.67. The molecule has 5 rings (SSSR count). The molecule has 0 aliphatic heterocycles. The Bertz CT molecular complexity index is 1590. The largest absolute Gasteiger partial charge is 0.497 e. The van der Waals surface area contributed by atoms with Gasteiger partial charge in [-0.2, -0.15) is 28.1 Å². The number of aryl methyl sites for hydroxylation is 2. The van der Waals surface area contributed by atoms with Gasteiger partial charge in [0.15, 0.2) is 5.69 Å². The van der Waals surface area contributed by atoms with E-state index in [9.17, 15) is 13.2 Å². The van der Waals surface area contributed by atoms with E-state index in [1.807, 2.05) is 12.1 Å². The molecule has 0 aliphatic carbocycles. The molecule has 3 aromatic heterocycles. The molecular weight excluding hydrogens is 497 g/mol. The molecule has 38 heavy (non-hydrogen) atoms. The Labute approximate surface area is 216 Å². The summed E-state index contributed by atoms with van der Waals surface area (Å²) in [6.07, 6.45) is -3.08. The Kier molecular flexibility index (Phi) is 6.35. The highest BCUT2D eigenvalue weighted by Gasteiger charge is 2.34. The Morgan fingerprint density at radius 3 is 1.89 bits per heavy atom. The molecule has 0 bridgehead atoms. The van der Waals surface area contributed by atoms with Crippen LogP contribution in [0.2, 0.25) is 0 Å². The summed E-state index contributed by atoms with van der Waals surface area (Å²) in [4.78, 5) is 8.39. The Morgan fingerprint density at radius 1 is 0.763 bits per heavy atom. The van der Waals surface area contributed by atoms with Gasteiger partial charge in [-0.15, -0.1) is 0 Å². The summed E-state index contributed by atoms with van der Waals surface area (Å²) >= 11 is 0. The monoisotopic (exact) mass is 520 g/mol. The van der Waals surface area contributed by atoms with E-state index in [2.05, 4.69) is 20.2 Å². The molecule has 0 N–H and O–H groups in total. The molecular formula is C27H23F3N6O2. The highest BCUT2D eigenvalue weighted by atomic mass is 19.4. The van der Waals surface area contributed by atoms with Crippen LogP contribution in [0.1, 0.15) is 11.4 Å². The first-order valence-corrected chi connectivity index (χ1v) is 11.5. The van der Waals surface area contributed by atoms with Gasteiger partial charge in [0.2, 0.25) is 0 Å². The van der Waals surface area contributed by atoms with E-state index in [1.165, 1.54) is 9.36 Å². The van der Waals surface area contributed by atoms with E-state index in [4.69, 9.17) is 9.47 Å². The predicted octanol–water partition coefficient (Wildman–Crippen LogP) is 5.74. The van der Waals surface area contributed by atoms with Gasteiger partial charge in [0.05, 0.1) is 37.0 Å². The third-order valence-corrected chi connectivity index (χ3v) is 5.96. The van der Waals surface area contributed by atoms with Crippen molar-refractivity contribution < 1.29 is 22.6 Å². The molecule has 0 unspecified atom stereocenters. The zero-order valence-corrected chi connectivity index (χ0v) is 21.0. The molecule has 11 heteroatoms. The first-order chi connectivity index (χ1) is 18.2. The van der Waals surface area contributed by atoms with Crippen LogP contribution in [0.15, 0.2) is 66.9 Å². The van der Waals surface area contributed by atoms with E-state index >= 15 is 0 Å². The van der Waals surface area contributed by atoms with E-state index in [-0.39, 0.29) is 11.6 Å². The normalized spacial score (nSPS) is 11.6. The quantitative estimate of drug-likeness (QED) is 0.284. The van der Waals surface area contributed by atoms with E-state index in [1.54, 1.807) is 76.9 Å². The molecule has 0 fully saturated rings. The van der Waals surface area contributed by atoms with Gasteiger partial charge in [-0.3, -0.25) is 4.68 Å². The van der Waals surface area contributed by atoms with Crippen molar-refractivity contribution in [3.05, 3.63) is 78.2 Å². The molecule has 0 atom stereocenters. The number of hydrogen-bond donors (Lipinski definition) is 0. The number of alkyl halides is 3. The molecule has 0 aliphatic rings. The van der Waals surface area contributed by atoms with Crippen LogP contribution in [0, 0.1) is 6.92 Å². The van der Waals surface area contributed by atoms with E-state index < -0.39 is 11.9 Å².